The van der Waals surface area contributed by atoms with Crippen LogP contribution in [0.3, 0.4) is 0 Å². The number of aryl methyl sites for hydroxylation is 2. The van der Waals surface area contributed by atoms with Crippen LogP contribution in [-0.4, -0.2) is 37.0 Å². The van der Waals surface area contributed by atoms with Crippen LogP contribution in [0.4, 0.5) is 5.69 Å². The van der Waals surface area contributed by atoms with Crippen molar-refractivity contribution in [1.82, 2.24) is 4.90 Å². The van der Waals surface area contributed by atoms with E-state index in [0.29, 0.717) is 13.1 Å². The Kier molecular flexibility index (Phi) is 5.53. The molecule has 0 N–H and O–H groups in total. The lowest BCUT2D eigenvalue weighted by molar-refractivity contribution is -0.121. The Hall–Kier alpha value is -2.30. The highest BCUT2D eigenvalue weighted by Crippen LogP contribution is 2.33. The number of benzene rings is 2. The number of amides is 1. The Morgan fingerprint density at radius 1 is 0.967 bits per heavy atom. The van der Waals surface area contributed by atoms with Gasteiger partial charge in [0.1, 0.15) is 11.3 Å². The largest absolute Gasteiger partial charge is 0.461 e. The molecule has 30 heavy (non-hydrogen) atoms. The molecule has 1 aliphatic heterocycles. The second kappa shape index (κ2) is 8.44. The summed E-state index contributed by atoms with van der Waals surface area (Å²) in [5, 5.41) is 1.98. The van der Waals surface area contributed by atoms with Gasteiger partial charge in [0.15, 0.2) is 0 Å². The number of anilines is 1. The van der Waals surface area contributed by atoms with E-state index in [1.165, 1.54) is 35.8 Å². The van der Waals surface area contributed by atoms with Crippen LogP contribution in [0, 0.1) is 0 Å². The Labute approximate surface area is 182 Å². The molecule has 5 rings (SSSR count). The summed E-state index contributed by atoms with van der Waals surface area (Å²) >= 11 is 5.96. The Balaban J connectivity index is 1.26. The minimum Gasteiger partial charge on any atom is -0.461 e. The summed E-state index contributed by atoms with van der Waals surface area (Å²) in [4.78, 5) is 17.0. The Morgan fingerprint density at radius 3 is 2.63 bits per heavy atom. The standard InChI is InChI=1S/C25H27ClN2O2/c26-19-8-6-18(7-9-19)12-13-27-14-15-28(25(29)17-27)20-10-11-22-21-4-2-1-3-5-23(21)30-24(22)16-20/h6-11,16H,1-5,12-15,17H2. The highest BCUT2D eigenvalue weighted by Gasteiger charge is 2.26. The number of nitrogens with zero attached hydrogens (tertiary/aromatic N) is 2. The zero-order valence-corrected chi connectivity index (χ0v) is 18.0. The maximum atomic E-state index is 12.9. The van der Waals surface area contributed by atoms with Crippen LogP contribution >= 0.6 is 11.6 Å². The summed E-state index contributed by atoms with van der Waals surface area (Å²) in [5.41, 5.74) is 4.51. The van der Waals surface area contributed by atoms with Gasteiger partial charge in [-0.05, 0) is 55.5 Å². The van der Waals surface area contributed by atoms with Gasteiger partial charge in [-0.2, -0.15) is 0 Å². The quantitative estimate of drug-likeness (QED) is 0.539. The zero-order valence-electron chi connectivity index (χ0n) is 17.2. The molecule has 1 fully saturated rings. The van der Waals surface area contributed by atoms with Crippen LogP contribution in [0.2, 0.25) is 5.02 Å². The third-order valence-corrected chi connectivity index (χ3v) is 6.68. The van der Waals surface area contributed by atoms with Gasteiger partial charge < -0.3 is 9.32 Å². The fourth-order valence-electron chi connectivity index (χ4n) is 4.72. The molecular weight excluding hydrogens is 396 g/mol. The molecule has 2 aromatic carbocycles. The first-order chi connectivity index (χ1) is 14.7. The van der Waals surface area contributed by atoms with Gasteiger partial charge in [-0.15, -0.1) is 0 Å². The smallest absolute Gasteiger partial charge is 0.241 e. The first-order valence-electron chi connectivity index (χ1n) is 11.0. The molecule has 5 heteroatoms. The maximum Gasteiger partial charge on any atom is 0.241 e. The van der Waals surface area contributed by atoms with Gasteiger partial charge in [-0.25, -0.2) is 0 Å². The zero-order chi connectivity index (χ0) is 20.5. The molecule has 0 atom stereocenters. The van der Waals surface area contributed by atoms with Gasteiger partial charge in [0, 0.05) is 53.8 Å². The summed E-state index contributed by atoms with van der Waals surface area (Å²) in [6.45, 7) is 2.93. The first kappa shape index (κ1) is 19.7. The van der Waals surface area contributed by atoms with E-state index >= 15 is 0 Å². The number of hydrogen-bond donors (Lipinski definition) is 0. The van der Waals surface area contributed by atoms with E-state index in [1.54, 1.807) is 0 Å². The number of furan rings is 1. The highest BCUT2D eigenvalue weighted by molar-refractivity contribution is 6.30. The fraction of sp³-hybridized carbons (Fsp3) is 0.400. The van der Waals surface area contributed by atoms with E-state index < -0.39 is 0 Å². The third-order valence-electron chi connectivity index (χ3n) is 6.43. The lowest BCUT2D eigenvalue weighted by Gasteiger charge is -2.34. The number of carbonyl (C=O) groups is 1. The maximum absolute atomic E-state index is 12.9. The molecule has 1 saturated heterocycles. The molecule has 2 aliphatic rings. The van der Waals surface area contributed by atoms with E-state index in [4.69, 9.17) is 16.0 Å². The topological polar surface area (TPSA) is 36.7 Å². The molecule has 4 nitrogen and oxygen atoms in total. The summed E-state index contributed by atoms with van der Waals surface area (Å²) < 4.78 is 6.20. The molecule has 0 bridgehead atoms. The second-order valence-corrected chi connectivity index (χ2v) is 8.88. The number of rotatable bonds is 4. The predicted molar refractivity (Wildman–Crippen MR) is 121 cm³/mol. The van der Waals surface area contributed by atoms with Gasteiger partial charge in [-0.1, -0.05) is 30.2 Å². The van der Waals surface area contributed by atoms with Crippen molar-refractivity contribution < 1.29 is 9.21 Å². The number of piperazine rings is 1. The van der Waals surface area contributed by atoms with Crippen molar-refractivity contribution in [3.8, 4) is 0 Å². The second-order valence-electron chi connectivity index (χ2n) is 8.44. The molecule has 0 saturated carbocycles. The van der Waals surface area contributed by atoms with E-state index in [9.17, 15) is 4.79 Å². The molecule has 2 heterocycles. The number of hydrogen-bond acceptors (Lipinski definition) is 3. The summed E-state index contributed by atoms with van der Waals surface area (Å²) in [6.07, 6.45) is 6.78. The van der Waals surface area contributed by atoms with Crippen LogP contribution < -0.4 is 4.90 Å². The minimum atomic E-state index is 0.157. The van der Waals surface area contributed by atoms with E-state index in [1.807, 2.05) is 17.0 Å². The van der Waals surface area contributed by atoms with Crippen molar-refractivity contribution in [2.24, 2.45) is 0 Å². The minimum absolute atomic E-state index is 0.157. The van der Waals surface area contributed by atoms with Crippen LogP contribution in [0.1, 0.15) is 36.1 Å². The summed E-state index contributed by atoms with van der Waals surface area (Å²) in [6, 6.07) is 14.3. The number of fused-ring (bicyclic) bond motifs is 3. The van der Waals surface area contributed by atoms with Gasteiger partial charge >= 0.3 is 0 Å². The lowest BCUT2D eigenvalue weighted by Crippen LogP contribution is -2.50. The monoisotopic (exact) mass is 422 g/mol. The average Bonchev–Trinajstić information content (AvgIpc) is 2.93. The Morgan fingerprint density at radius 2 is 1.80 bits per heavy atom. The van der Waals surface area contributed by atoms with E-state index in [2.05, 4.69) is 35.2 Å². The molecule has 0 radical (unpaired) electrons. The summed E-state index contributed by atoms with van der Waals surface area (Å²) in [7, 11) is 0. The van der Waals surface area contributed by atoms with Gasteiger partial charge in [0.2, 0.25) is 5.91 Å². The van der Waals surface area contributed by atoms with Gasteiger partial charge in [-0.3, -0.25) is 9.69 Å². The molecule has 1 aromatic heterocycles. The van der Waals surface area contributed by atoms with Crippen LogP contribution in [0.25, 0.3) is 11.0 Å². The summed E-state index contributed by atoms with van der Waals surface area (Å²) in [5.74, 6) is 1.31. The van der Waals surface area contributed by atoms with Gasteiger partial charge in [0.25, 0.3) is 0 Å². The molecule has 0 spiro atoms. The van der Waals surface area contributed by atoms with Crippen molar-refractivity contribution >= 4 is 34.2 Å². The SMILES string of the molecule is O=C1CN(CCc2ccc(Cl)cc2)CCN1c1ccc2c3c(oc2c1)CCCCC3. The highest BCUT2D eigenvalue weighted by atomic mass is 35.5. The molecule has 3 aromatic rings. The number of carbonyl (C=O) groups excluding carboxylic acids is 1. The van der Waals surface area contributed by atoms with Crippen molar-refractivity contribution in [3.63, 3.8) is 0 Å². The van der Waals surface area contributed by atoms with Gasteiger partial charge in [0.05, 0.1) is 6.54 Å². The molecule has 0 unspecified atom stereocenters. The molecular formula is C25H27ClN2O2. The molecule has 156 valence electrons. The van der Waals surface area contributed by atoms with Crippen molar-refractivity contribution in [1.29, 1.82) is 0 Å². The normalized spacial score (nSPS) is 17.9. The van der Waals surface area contributed by atoms with Crippen LogP contribution in [-0.2, 0) is 24.1 Å². The van der Waals surface area contributed by atoms with Crippen LogP contribution in [0.5, 0.6) is 0 Å². The van der Waals surface area contributed by atoms with Crippen molar-refractivity contribution in [2.75, 3.05) is 31.1 Å². The third kappa shape index (κ3) is 3.99. The van der Waals surface area contributed by atoms with E-state index in [-0.39, 0.29) is 5.91 Å². The Bertz CT molecular complexity index is 1060. The first-order valence-corrected chi connectivity index (χ1v) is 11.4. The predicted octanol–water partition coefficient (Wildman–Crippen LogP) is 5.25. The van der Waals surface area contributed by atoms with Crippen molar-refractivity contribution in [2.45, 2.75) is 38.5 Å². The van der Waals surface area contributed by atoms with Crippen molar-refractivity contribution in [3.05, 3.63) is 64.4 Å². The molecule has 1 amide bonds. The van der Waals surface area contributed by atoms with E-state index in [0.717, 1.165) is 54.4 Å². The van der Waals surface area contributed by atoms with Crippen LogP contribution in [0.15, 0.2) is 46.9 Å². The number of halogens is 1. The average molecular weight is 423 g/mol. The molecule has 1 aliphatic carbocycles. The fourth-order valence-corrected chi connectivity index (χ4v) is 4.85. The lowest BCUT2D eigenvalue weighted by atomic mass is 10.1.